The topological polar surface area (TPSA) is 76.3 Å². The Morgan fingerprint density at radius 1 is 1.50 bits per heavy atom. The molecule has 4 heteroatoms. The van der Waals surface area contributed by atoms with Crippen LogP contribution in [0.4, 0.5) is 0 Å². The van der Waals surface area contributed by atoms with Gasteiger partial charge in [0.25, 0.3) is 0 Å². The summed E-state index contributed by atoms with van der Waals surface area (Å²) in [6, 6.07) is 4.20. The summed E-state index contributed by atoms with van der Waals surface area (Å²) in [6.07, 6.45) is 3.38. The van der Waals surface area contributed by atoms with E-state index in [0.29, 0.717) is 19.3 Å². The van der Waals surface area contributed by atoms with Gasteiger partial charge in [0.2, 0.25) is 0 Å². The molecule has 0 bridgehead atoms. The molecule has 0 radical (unpaired) electrons. The maximum absolute atomic E-state index is 8.63. The Kier molecular flexibility index (Phi) is 3.69. The highest BCUT2D eigenvalue weighted by Crippen LogP contribution is 2.21. The van der Waals surface area contributed by atoms with Gasteiger partial charge in [0.1, 0.15) is 5.82 Å². The molecular weight excluding hydrogens is 176 g/mol. The van der Waals surface area contributed by atoms with Crippen molar-refractivity contribution in [3.63, 3.8) is 0 Å². The third-order valence-corrected chi connectivity index (χ3v) is 2.05. The predicted molar refractivity (Wildman–Crippen MR) is 51.1 cm³/mol. The van der Waals surface area contributed by atoms with Gasteiger partial charge in [0.05, 0.1) is 17.8 Å². The van der Waals surface area contributed by atoms with E-state index in [4.69, 9.17) is 10.5 Å². The molecule has 0 aliphatic rings. The monoisotopic (exact) mass is 188 g/mol. The normalized spacial score (nSPS) is 11.6. The van der Waals surface area contributed by atoms with Crippen molar-refractivity contribution in [2.75, 3.05) is 0 Å². The second-order valence-electron chi connectivity index (χ2n) is 3.18. The van der Waals surface area contributed by atoms with E-state index in [1.54, 1.807) is 0 Å². The third-order valence-electron chi connectivity index (χ3n) is 2.05. The number of aromatic amines is 1. The van der Waals surface area contributed by atoms with E-state index in [1.807, 2.05) is 13.1 Å². The van der Waals surface area contributed by atoms with Crippen LogP contribution in [-0.4, -0.2) is 9.97 Å². The number of hydrogen-bond acceptors (Lipinski definition) is 3. The van der Waals surface area contributed by atoms with Crippen molar-refractivity contribution in [1.29, 1.82) is 10.5 Å². The van der Waals surface area contributed by atoms with Crippen LogP contribution in [-0.2, 0) is 0 Å². The van der Waals surface area contributed by atoms with Gasteiger partial charge in [-0.3, -0.25) is 0 Å². The molecule has 4 nitrogen and oxygen atoms in total. The van der Waals surface area contributed by atoms with Crippen LogP contribution in [0.25, 0.3) is 0 Å². The van der Waals surface area contributed by atoms with Gasteiger partial charge in [-0.15, -0.1) is 0 Å². The van der Waals surface area contributed by atoms with Gasteiger partial charge in [-0.2, -0.15) is 10.5 Å². The molecule has 1 aromatic rings. The van der Waals surface area contributed by atoms with Gasteiger partial charge >= 0.3 is 0 Å². The van der Waals surface area contributed by atoms with E-state index in [2.05, 4.69) is 22.1 Å². The number of H-pyrrole nitrogens is 1. The molecule has 0 saturated carbocycles. The highest BCUT2D eigenvalue weighted by Gasteiger charge is 2.13. The lowest BCUT2D eigenvalue weighted by atomic mass is 10.00. The molecular formula is C10H12N4. The summed E-state index contributed by atoms with van der Waals surface area (Å²) >= 11 is 0. The van der Waals surface area contributed by atoms with Crippen molar-refractivity contribution < 1.29 is 0 Å². The van der Waals surface area contributed by atoms with Crippen molar-refractivity contribution in [3.8, 4) is 12.1 Å². The van der Waals surface area contributed by atoms with Gasteiger partial charge in [-0.1, -0.05) is 0 Å². The number of imidazole rings is 1. The number of aryl methyl sites for hydroxylation is 1. The molecule has 0 aromatic carbocycles. The van der Waals surface area contributed by atoms with Gasteiger partial charge in [0, 0.05) is 25.0 Å². The van der Waals surface area contributed by atoms with Crippen LogP contribution >= 0.6 is 0 Å². The molecule has 1 heterocycles. The molecule has 1 unspecified atom stereocenters. The average molecular weight is 188 g/mol. The minimum Gasteiger partial charge on any atom is -0.348 e. The fraction of sp³-hybridized carbons (Fsp3) is 0.500. The lowest BCUT2D eigenvalue weighted by Gasteiger charge is -2.07. The SMILES string of the molecule is Cc1c[nH]c(C(CC#N)CCC#N)n1. The van der Waals surface area contributed by atoms with E-state index in [-0.39, 0.29) is 5.92 Å². The highest BCUT2D eigenvalue weighted by atomic mass is 14.9. The fourth-order valence-corrected chi connectivity index (χ4v) is 1.33. The molecule has 0 spiro atoms. The fourth-order valence-electron chi connectivity index (χ4n) is 1.33. The summed E-state index contributed by atoms with van der Waals surface area (Å²) in [7, 11) is 0. The van der Waals surface area contributed by atoms with E-state index in [9.17, 15) is 0 Å². The van der Waals surface area contributed by atoms with Crippen molar-refractivity contribution in [2.45, 2.75) is 32.1 Å². The van der Waals surface area contributed by atoms with Gasteiger partial charge in [-0.05, 0) is 13.3 Å². The number of nitrogens with zero attached hydrogens (tertiary/aromatic N) is 3. The van der Waals surface area contributed by atoms with Crippen LogP contribution in [0.5, 0.6) is 0 Å². The second-order valence-corrected chi connectivity index (χ2v) is 3.18. The summed E-state index contributed by atoms with van der Waals surface area (Å²) in [5.41, 5.74) is 0.917. The lowest BCUT2D eigenvalue weighted by molar-refractivity contribution is 0.616. The average Bonchev–Trinajstić information content (AvgIpc) is 2.59. The minimum atomic E-state index is 0.0633. The summed E-state index contributed by atoms with van der Waals surface area (Å²) in [6.45, 7) is 1.90. The van der Waals surface area contributed by atoms with E-state index < -0.39 is 0 Å². The van der Waals surface area contributed by atoms with Crippen LogP contribution < -0.4 is 0 Å². The highest BCUT2D eigenvalue weighted by molar-refractivity contribution is 5.06. The van der Waals surface area contributed by atoms with Crippen LogP contribution in [0.1, 0.15) is 36.7 Å². The molecule has 14 heavy (non-hydrogen) atoms. The zero-order valence-corrected chi connectivity index (χ0v) is 8.12. The van der Waals surface area contributed by atoms with Gasteiger partial charge < -0.3 is 4.98 Å². The standard InChI is InChI=1S/C10H12N4/c1-8-7-13-10(14-8)9(4-6-12)3-2-5-11/h7,9H,2-4H2,1H3,(H,13,14). The summed E-state index contributed by atoms with van der Waals surface area (Å²) in [5.74, 6) is 0.882. The Balaban J connectivity index is 2.69. The first-order valence-electron chi connectivity index (χ1n) is 4.53. The number of aromatic nitrogens is 2. The second kappa shape index (κ2) is 5.04. The molecule has 0 aliphatic carbocycles. The Morgan fingerprint density at radius 3 is 2.79 bits per heavy atom. The van der Waals surface area contributed by atoms with Crippen LogP contribution in [0.2, 0.25) is 0 Å². The molecule has 1 atom stereocenters. The molecule has 1 rings (SSSR count). The van der Waals surface area contributed by atoms with Gasteiger partial charge in [-0.25, -0.2) is 4.98 Å². The number of nitriles is 2. The minimum absolute atomic E-state index is 0.0633. The Morgan fingerprint density at radius 2 is 2.29 bits per heavy atom. The first-order valence-corrected chi connectivity index (χ1v) is 4.53. The van der Waals surface area contributed by atoms with Crippen LogP contribution in [0.3, 0.4) is 0 Å². The molecule has 1 N–H and O–H groups in total. The van der Waals surface area contributed by atoms with Crippen molar-refractivity contribution in [2.24, 2.45) is 0 Å². The summed E-state index contributed by atoms with van der Waals surface area (Å²) in [4.78, 5) is 7.29. The lowest BCUT2D eigenvalue weighted by Crippen LogP contribution is -2.00. The number of nitrogens with one attached hydrogen (secondary N) is 1. The first-order chi connectivity index (χ1) is 6.77. The number of hydrogen-bond donors (Lipinski definition) is 1. The number of rotatable bonds is 4. The van der Waals surface area contributed by atoms with Crippen molar-refractivity contribution in [3.05, 3.63) is 17.7 Å². The zero-order chi connectivity index (χ0) is 10.4. The molecule has 72 valence electrons. The third kappa shape index (κ3) is 2.60. The van der Waals surface area contributed by atoms with Crippen molar-refractivity contribution in [1.82, 2.24) is 9.97 Å². The smallest absolute Gasteiger partial charge is 0.110 e. The Bertz CT molecular complexity index is 366. The van der Waals surface area contributed by atoms with Crippen LogP contribution in [0.15, 0.2) is 6.20 Å². The largest absolute Gasteiger partial charge is 0.348 e. The molecule has 1 aromatic heterocycles. The van der Waals surface area contributed by atoms with E-state index >= 15 is 0 Å². The summed E-state index contributed by atoms with van der Waals surface area (Å²) < 4.78 is 0. The van der Waals surface area contributed by atoms with Gasteiger partial charge in [0.15, 0.2) is 0 Å². The van der Waals surface area contributed by atoms with Crippen LogP contribution in [0, 0.1) is 29.6 Å². The summed E-state index contributed by atoms with van der Waals surface area (Å²) in [5, 5.41) is 17.1. The molecule has 0 saturated heterocycles. The van der Waals surface area contributed by atoms with E-state index in [1.165, 1.54) is 0 Å². The predicted octanol–water partition coefficient (Wildman–Crippen LogP) is 2.02. The first kappa shape index (κ1) is 10.3. The maximum atomic E-state index is 8.63. The molecule has 0 aliphatic heterocycles. The Labute approximate surface area is 83.2 Å². The quantitative estimate of drug-likeness (QED) is 0.785. The Hall–Kier alpha value is -1.81. The zero-order valence-electron chi connectivity index (χ0n) is 8.12. The maximum Gasteiger partial charge on any atom is 0.110 e. The molecule has 0 fully saturated rings. The van der Waals surface area contributed by atoms with E-state index in [0.717, 1.165) is 11.5 Å². The molecule has 0 amide bonds. The van der Waals surface area contributed by atoms with Crippen molar-refractivity contribution >= 4 is 0 Å².